The van der Waals surface area contributed by atoms with Crippen LogP contribution >= 0.6 is 0 Å². The third kappa shape index (κ3) is 3.11. The highest BCUT2D eigenvalue weighted by Gasteiger charge is 2.41. The Bertz CT molecular complexity index is 499. The quantitative estimate of drug-likeness (QED) is 0.930. The van der Waals surface area contributed by atoms with Crippen molar-refractivity contribution in [2.75, 3.05) is 18.5 Å². The largest absolute Gasteiger partial charge is 0.348 e. The average molecular weight is 289 g/mol. The first-order valence-corrected chi connectivity index (χ1v) is 7.89. The van der Waals surface area contributed by atoms with Gasteiger partial charge in [0.05, 0.1) is 13.2 Å². The van der Waals surface area contributed by atoms with Crippen LogP contribution in [0.5, 0.6) is 0 Å². The summed E-state index contributed by atoms with van der Waals surface area (Å²) in [6.07, 6.45) is 4.23. The number of nitrogens with one attached hydrogen (secondary N) is 1. The summed E-state index contributed by atoms with van der Waals surface area (Å²) in [6, 6.07) is 8.01. The molecule has 1 aliphatic carbocycles. The summed E-state index contributed by atoms with van der Waals surface area (Å²) >= 11 is 0. The van der Waals surface area contributed by atoms with E-state index in [-0.39, 0.29) is 11.8 Å². The molecule has 1 spiro atoms. The van der Waals surface area contributed by atoms with E-state index in [9.17, 15) is 4.79 Å². The van der Waals surface area contributed by atoms with Crippen molar-refractivity contribution in [2.45, 2.75) is 44.8 Å². The van der Waals surface area contributed by atoms with Crippen LogP contribution in [0.1, 0.15) is 38.2 Å². The summed E-state index contributed by atoms with van der Waals surface area (Å²) in [4.78, 5) is 12.4. The standard InChI is InChI=1S/C17H23NO3/c1-2-13-5-3-4-6-15(13)18-16(19)14-7-9-17(10-8-14)20-11-12-21-17/h3-6,14H,2,7-12H2,1H3,(H,18,19). The Kier molecular flexibility index (Phi) is 4.27. The lowest BCUT2D eigenvalue weighted by Crippen LogP contribution is -2.38. The minimum Gasteiger partial charge on any atom is -0.348 e. The lowest BCUT2D eigenvalue weighted by Gasteiger charge is -2.34. The maximum Gasteiger partial charge on any atom is 0.227 e. The lowest BCUT2D eigenvalue weighted by atomic mass is 9.84. The summed E-state index contributed by atoms with van der Waals surface area (Å²) in [6.45, 7) is 3.46. The van der Waals surface area contributed by atoms with Gasteiger partial charge in [0, 0.05) is 24.4 Å². The minimum atomic E-state index is -0.391. The van der Waals surface area contributed by atoms with Gasteiger partial charge >= 0.3 is 0 Å². The third-order valence-electron chi connectivity index (χ3n) is 4.59. The zero-order valence-corrected chi connectivity index (χ0v) is 12.6. The number of anilines is 1. The van der Waals surface area contributed by atoms with E-state index in [1.54, 1.807) is 0 Å². The number of benzene rings is 1. The molecule has 1 heterocycles. The second-order valence-corrected chi connectivity index (χ2v) is 5.88. The SMILES string of the molecule is CCc1ccccc1NC(=O)C1CCC2(CC1)OCCO2. The van der Waals surface area contributed by atoms with Gasteiger partial charge in [-0.05, 0) is 30.9 Å². The number of carbonyl (C=O) groups is 1. The fourth-order valence-electron chi connectivity index (χ4n) is 3.29. The second kappa shape index (κ2) is 6.16. The number of para-hydroxylation sites is 1. The van der Waals surface area contributed by atoms with Crippen molar-refractivity contribution in [2.24, 2.45) is 5.92 Å². The van der Waals surface area contributed by atoms with Crippen LogP contribution in [-0.2, 0) is 20.7 Å². The van der Waals surface area contributed by atoms with Gasteiger partial charge < -0.3 is 14.8 Å². The molecule has 1 aliphatic heterocycles. The predicted octanol–water partition coefficient (Wildman–Crippen LogP) is 3.12. The van der Waals surface area contributed by atoms with E-state index < -0.39 is 5.79 Å². The molecule has 4 nitrogen and oxygen atoms in total. The van der Waals surface area contributed by atoms with Crippen molar-refractivity contribution in [1.82, 2.24) is 0 Å². The molecule has 2 aliphatic rings. The first-order valence-electron chi connectivity index (χ1n) is 7.89. The highest BCUT2D eigenvalue weighted by Crippen LogP contribution is 2.38. The smallest absolute Gasteiger partial charge is 0.227 e. The lowest BCUT2D eigenvalue weighted by molar-refractivity contribution is -0.182. The Morgan fingerprint density at radius 3 is 2.57 bits per heavy atom. The van der Waals surface area contributed by atoms with Gasteiger partial charge in [0.2, 0.25) is 5.91 Å². The Morgan fingerprint density at radius 1 is 1.24 bits per heavy atom. The Morgan fingerprint density at radius 2 is 1.90 bits per heavy atom. The highest BCUT2D eigenvalue weighted by atomic mass is 16.7. The van der Waals surface area contributed by atoms with Gasteiger partial charge in [-0.15, -0.1) is 0 Å². The molecule has 1 aromatic rings. The van der Waals surface area contributed by atoms with E-state index in [0.29, 0.717) is 13.2 Å². The number of rotatable bonds is 3. The molecule has 1 N–H and O–H groups in total. The van der Waals surface area contributed by atoms with Crippen molar-refractivity contribution < 1.29 is 14.3 Å². The zero-order valence-electron chi connectivity index (χ0n) is 12.6. The van der Waals surface area contributed by atoms with Crippen LogP contribution in [0.2, 0.25) is 0 Å². The molecule has 0 aromatic heterocycles. The van der Waals surface area contributed by atoms with Crippen LogP contribution in [0.4, 0.5) is 5.69 Å². The highest BCUT2D eigenvalue weighted by molar-refractivity contribution is 5.93. The van der Waals surface area contributed by atoms with Crippen LogP contribution < -0.4 is 5.32 Å². The van der Waals surface area contributed by atoms with Crippen LogP contribution in [0.15, 0.2) is 24.3 Å². The molecule has 0 bridgehead atoms. The fraction of sp³-hybridized carbons (Fsp3) is 0.588. The third-order valence-corrected chi connectivity index (χ3v) is 4.59. The normalized spacial score (nSPS) is 21.6. The molecule has 1 saturated heterocycles. The van der Waals surface area contributed by atoms with Crippen molar-refractivity contribution in [1.29, 1.82) is 0 Å². The van der Waals surface area contributed by atoms with Gasteiger partial charge in [0.1, 0.15) is 0 Å². The summed E-state index contributed by atoms with van der Waals surface area (Å²) in [5, 5.41) is 3.09. The van der Waals surface area contributed by atoms with Crippen LogP contribution in [0.25, 0.3) is 0 Å². The number of carbonyl (C=O) groups excluding carboxylic acids is 1. The van der Waals surface area contributed by atoms with Gasteiger partial charge in [0.15, 0.2) is 5.79 Å². The Balaban J connectivity index is 1.59. The monoisotopic (exact) mass is 289 g/mol. The molecule has 3 rings (SSSR count). The molecule has 1 saturated carbocycles. The summed E-state index contributed by atoms with van der Waals surface area (Å²) in [5.74, 6) is -0.199. The fourth-order valence-corrected chi connectivity index (χ4v) is 3.29. The van der Waals surface area contributed by atoms with Gasteiger partial charge in [-0.1, -0.05) is 25.1 Å². The molecular weight excluding hydrogens is 266 g/mol. The van der Waals surface area contributed by atoms with E-state index >= 15 is 0 Å². The van der Waals surface area contributed by atoms with Gasteiger partial charge in [-0.2, -0.15) is 0 Å². The molecule has 21 heavy (non-hydrogen) atoms. The van der Waals surface area contributed by atoms with E-state index in [1.165, 1.54) is 5.56 Å². The maximum absolute atomic E-state index is 12.4. The first kappa shape index (κ1) is 14.5. The average Bonchev–Trinajstić information content (AvgIpc) is 2.96. The van der Waals surface area contributed by atoms with Gasteiger partial charge in [0.25, 0.3) is 0 Å². The zero-order chi connectivity index (χ0) is 14.7. The van der Waals surface area contributed by atoms with Crippen molar-refractivity contribution in [3.8, 4) is 0 Å². The number of hydrogen-bond donors (Lipinski definition) is 1. The minimum absolute atomic E-state index is 0.0633. The van der Waals surface area contributed by atoms with E-state index in [0.717, 1.165) is 37.8 Å². The molecule has 0 unspecified atom stereocenters. The number of ether oxygens (including phenoxy) is 2. The topological polar surface area (TPSA) is 47.6 Å². The Hall–Kier alpha value is -1.39. The second-order valence-electron chi connectivity index (χ2n) is 5.88. The number of amides is 1. The molecule has 2 fully saturated rings. The van der Waals surface area contributed by atoms with Crippen LogP contribution in [0, 0.1) is 5.92 Å². The van der Waals surface area contributed by atoms with E-state index in [1.807, 2.05) is 18.2 Å². The van der Waals surface area contributed by atoms with Crippen molar-refractivity contribution >= 4 is 11.6 Å². The van der Waals surface area contributed by atoms with Crippen molar-refractivity contribution in [3.05, 3.63) is 29.8 Å². The molecule has 0 radical (unpaired) electrons. The van der Waals surface area contributed by atoms with Crippen LogP contribution in [-0.4, -0.2) is 24.9 Å². The molecule has 1 aromatic carbocycles. The van der Waals surface area contributed by atoms with E-state index in [2.05, 4.69) is 18.3 Å². The summed E-state index contributed by atoms with van der Waals surface area (Å²) in [5.41, 5.74) is 2.12. The molecular formula is C17H23NO3. The van der Waals surface area contributed by atoms with E-state index in [4.69, 9.17) is 9.47 Å². The Labute approximate surface area is 125 Å². The summed E-state index contributed by atoms with van der Waals surface area (Å²) in [7, 11) is 0. The molecule has 0 atom stereocenters. The predicted molar refractivity (Wildman–Crippen MR) is 81.0 cm³/mol. The van der Waals surface area contributed by atoms with Crippen LogP contribution in [0.3, 0.4) is 0 Å². The van der Waals surface area contributed by atoms with Crippen molar-refractivity contribution in [3.63, 3.8) is 0 Å². The maximum atomic E-state index is 12.4. The molecule has 114 valence electrons. The van der Waals surface area contributed by atoms with Gasteiger partial charge in [-0.25, -0.2) is 0 Å². The molecule has 4 heteroatoms. The number of hydrogen-bond acceptors (Lipinski definition) is 3. The van der Waals surface area contributed by atoms with Gasteiger partial charge in [-0.3, -0.25) is 4.79 Å². The number of aryl methyl sites for hydroxylation is 1. The first-order chi connectivity index (χ1) is 10.2. The molecule has 1 amide bonds. The summed E-state index contributed by atoms with van der Waals surface area (Å²) < 4.78 is 11.4.